The Balaban J connectivity index is 2.98. The third-order valence-electron chi connectivity index (χ3n) is 6.34. The van der Waals surface area contributed by atoms with E-state index in [2.05, 4.69) is 72.5 Å². The van der Waals surface area contributed by atoms with Crippen molar-refractivity contribution in [3.63, 3.8) is 0 Å². The number of cyclic esters (lactones) is 1. The zero-order valence-corrected chi connectivity index (χ0v) is 20.7. The van der Waals surface area contributed by atoms with Crippen molar-refractivity contribution in [3.8, 4) is 11.8 Å². The van der Waals surface area contributed by atoms with Gasteiger partial charge in [0.15, 0.2) is 8.32 Å². The molecule has 1 aliphatic heterocycles. The second-order valence-corrected chi connectivity index (χ2v) is 13.2. The molecule has 1 rings (SSSR count). The minimum absolute atomic E-state index is 0.0859. The van der Waals surface area contributed by atoms with Gasteiger partial charge in [0.2, 0.25) is 0 Å². The molecule has 1 unspecified atom stereocenters. The second kappa shape index (κ2) is 13.1. The molecule has 0 saturated carbocycles. The Morgan fingerprint density at radius 2 is 1.93 bits per heavy atom. The summed E-state index contributed by atoms with van der Waals surface area (Å²) in [7, 11) is -1.64. The van der Waals surface area contributed by atoms with Crippen LogP contribution in [0.5, 0.6) is 0 Å². The van der Waals surface area contributed by atoms with Crippen molar-refractivity contribution >= 4 is 14.3 Å². The van der Waals surface area contributed by atoms with Gasteiger partial charge in [-0.25, -0.2) is 0 Å². The molecule has 0 aromatic carbocycles. The number of hydrogen-bond donors (Lipinski definition) is 0. The van der Waals surface area contributed by atoms with E-state index in [0.29, 0.717) is 6.42 Å². The summed E-state index contributed by atoms with van der Waals surface area (Å²) < 4.78 is 12.6. The fourth-order valence-corrected chi connectivity index (χ4v) is 6.88. The summed E-state index contributed by atoms with van der Waals surface area (Å²) in [6, 6.07) is 3.47. The lowest BCUT2D eigenvalue weighted by atomic mass is 9.93. The molecule has 0 bridgehead atoms. The van der Waals surface area contributed by atoms with Crippen molar-refractivity contribution in [2.24, 2.45) is 11.8 Å². The van der Waals surface area contributed by atoms with E-state index in [9.17, 15) is 4.79 Å². The van der Waals surface area contributed by atoms with Crippen molar-refractivity contribution in [2.45, 2.75) is 104 Å². The predicted octanol–water partition coefficient (Wildman–Crippen LogP) is 6.66. The highest BCUT2D eigenvalue weighted by molar-refractivity contribution is 6.73. The van der Waals surface area contributed by atoms with Crippen LogP contribution in [-0.2, 0) is 14.0 Å². The van der Waals surface area contributed by atoms with E-state index in [1.165, 1.54) is 0 Å². The van der Waals surface area contributed by atoms with Crippen molar-refractivity contribution in [1.29, 1.82) is 0 Å². The molecule has 3 nitrogen and oxygen atoms in total. The third kappa shape index (κ3) is 8.52. The first-order valence-electron chi connectivity index (χ1n) is 11.5. The van der Waals surface area contributed by atoms with Crippen molar-refractivity contribution in [3.05, 3.63) is 23.8 Å². The van der Waals surface area contributed by atoms with Crippen LogP contribution in [0.25, 0.3) is 0 Å². The molecule has 0 radical (unpaired) electrons. The van der Waals surface area contributed by atoms with Crippen LogP contribution in [0.4, 0.5) is 0 Å². The molecule has 0 aliphatic carbocycles. The monoisotopic (exact) mass is 418 g/mol. The number of carbonyl (C=O) groups is 1. The molecule has 0 fully saturated rings. The largest absolute Gasteiger partial charge is 0.457 e. The lowest BCUT2D eigenvalue weighted by Gasteiger charge is -2.34. The average Bonchev–Trinajstić information content (AvgIpc) is 2.70. The topological polar surface area (TPSA) is 35.5 Å². The Kier molecular flexibility index (Phi) is 11.6. The quantitative estimate of drug-likeness (QED) is 0.191. The maximum absolute atomic E-state index is 12.4. The Labute approximate surface area is 180 Å². The molecule has 4 heteroatoms. The highest BCUT2D eigenvalue weighted by atomic mass is 28.4. The Bertz CT molecular complexity index is 613. The zero-order valence-electron chi connectivity index (χ0n) is 19.7. The summed E-state index contributed by atoms with van der Waals surface area (Å²) in [5.41, 5.74) is 1.10. The van der Waals surface area contributed by atoms with Gasteiger partial charge in [0.25, 0.3) is 0 Å². The first-order valence-corrected chi connectivity index (χ1v) is 14.0. The summed E-state index contributed by atoms with van der Waals surface area (Å²) in [6.45, 7) is 15.3. The SMILES string of the molecule is CC[Si](CC)(CC)O[C@H](C)[C@@H](C)/C=C(\C)C1OC(=O)CCCCC#C/C=C\[C@@H]1C. The van der Waals surface area contributed by atoms with E-state index in [1.54, 1.807) is 0 Å². The highest BCUT2D eigenvalue weighted by Gasteiger charge is 2.32. The van der Waals surface area contributed by atoms with Gasteiger partial charge in [-0.1, -0.05) is 58.6 Å². The van der Waals surface area contributed by atoms with Gasteiger partial charge in [0.05, 0.1) is 0 Å². The van der Waals surface area contributed by atoms with Crippen LogP contribution in [-0.4, -0.2) is 26.5 Å². The molecule has 4 atom stereocenters. The van der Waals surface area contributed by atoms with E-state index < -0.39 is 8.32 Å². The predicted molar refractivity (Wildman–Crippen MR) is 125 cm³/mol. The van der Waals surface area contributed by atoms with Gasteiger partial charge in [0, 0.05) is 24.9 Å². The number of esters is 1. The third-order valence-corrected chi connectivity index (χ3v) is 11.1. The van der Waals surface area contributed by atoms with Gasteiger partial charge in [-0.15, -0.1) is 0 Å². The number of carbonyl (C=O) groups excluding carboxylic acids is 1. The number of ether oxygens (including phenoxy) is 1. The lowest BCUT2D eigenvalue weighted by molar-refractivity contribution is -0.148. The average molecular weight is 419 g/mol. The number of hydrogen-bond acceptors (Lipinski definition) is 3. The molecule has 29 heavy (non-hydrogen) atoms. The standard InChI is InChI=1S/C25H42O3Si/c1-8-29(9-2,10-3)28-23(7)21(5)19-22(6)25-20(4)17-15-13-11-12-14-16-18-24(26)27-25/h15,17,19-21,23,25H,8-10,12,14,16,18H2,1-7H3/b17-15-,22-19+/t20-,21-,23+,25?/m0/s1. The van der Waals surface area contributed by atoms with E-state index in [0.717, 1.165) is 43.0 Å². The second-order valence-electron chi connectivity index (χ2n) is 8.49. The smallest absolute Gasteiger partial charge is 0.306 e. The van der Waals surface area contributed by atoms with E-state index in [1.807, 2.05) is 6.08 Å². The number of allylic oxidation sites excluding steroid dienone is 1. The van der Waals surface area contributed by atoms with E-state index >= 15 is 0 Å². The van der Waals surface area contributed by atoms with Gasteiger partial charge >= 0.3 is 5.97 Å². The Hall–Kier alpha value is -1.31. The first-order chi connectivity index (χ1) is 13.8. The molecule has 0 spiro atoms. The maximum atomic E-state index is 12.4. The van der Waals surface area contributed by atoms with Crippen molar-refractivity contribution in [1.82, 2.24) is 0 Å². The molecule has 0 amide bonds. The summed E-state index contributed by atoms with van der Waals surface area (Å²) >= 11 is 0. The van der Waals surface area contributed by atoms with Crippen molar-refractivity contribution < 1.29 is 14.0 Å². The zero-order chi connectivity index (χ0) is 21.9. The van der Waals surface area contributed by atoms with Gasteiger partial charge in [-0.05, 0) is 62.4 Å². The molecular weight excluding hydrogens is 376 g/mol. The minimum Gasteiger partial charge on any atom is -0.457 e. The normalized spacial score (nSPS) is 24.9. The molecule has 0 N–H and O–H groups in total. The van der Waals surface area contributed by atoms with Gasteiger partial charge in [-0.2, -0.15) is 0 Å². The minimum atomic E-state index is -1.64. The molecular formula is C25H42O3Si. The lowest BCUT2D eigenvalue weighted by Crippen LogP contribution is -2.40. The molecule has 0 aromatic rings. The van der Waals surface area contributed by atoms with Crippen molar-refractivity contribution in [2.75, 3.05) is 0 Å². The maximum Gasteiger partial charge on any atom is 0.306 e. The fraction of sp³-hybridized carbons (Fsp3) is 0.720. The van der Waals surface area contributed by atoms with Gasteiger partial charge in [-0.3, -0.25) is 4.79 Å². The van der Waals surface area contributed by atoms with E-state index in [-0.39, 0.29) is 30.0 Å². The molecule has 0 aromatic heterocycles. The summed E-state index contributed by atoms with van der Waals surface area (Å²) in [6.07, 6.45) is 9.18. The molecule has 0 saturated heterocycles. The van der Waals surface area contributed by atoms with Crippen LogP contribution in [0.1, 0.15) is 74.1 Å². The van der Waals surface area contributed by atoms with Crippen LogP contribution < -0.4 is 0 Å². The van der Waals surface area contributed by atoms with Crippen LogP contribution in [0, 0.1) is 23.7 Å². The Morgan fingerprint density at radius 3 is 2.55 bits per heavy atom. The van der Waals surface area contributed by atoms with Crippen LogP contribution in [0.2, 0.25) is 18.1 Å². The van der Waals surface area contributed by atoms with Gasteiger partial charge in [0.1, 0.15) is 6.10 Å². The Morgan fingerprint density at radius 1 is 1.28 bits per heavy atom. The van der Waals surface area contributed by atoms with Crippen LogP contribution in [0.3, 0.4) is 0 Å². The summed E-state index contributed by atoms with van der Waals surface area (Å²) in [5, 5.41) is 0. The molecule has 1 aliphatic rings. The highest BCUT2D eigenvalue weighted by Crippen LogP contribution is 2.27. The molecule has 164 valence electrons. The van der Waals surface area contributed by atoms with Gasteiger partial charge < -0.3 is 9.16 Å². The van der Waals surface area contributed by atoms with E-state index in [4.69, 9.17) is 9.16 Å². The first kappa shape index (κ1) is 25.7. The van der Waals surface area contributed by atoms with Crippen LogP contribution in [0.15, 0.2) is 23.8 Å². The molecule has 1 heterocycles. The summed E-state index contributed by atoms with van der Waals surface area (Å²) in [5.74, 6) is 6.50. The summed E-state index contributed by atoms with van der Waals surface area (Å²) in [4.78, 5) is 12.4. The fourth-order valence-electron chi connectivity index (χ4n) is 3.88. The number of rotatable bonds is 8. The van der Waals surface area contributed by atoms with Crippen LogP contribution >= 0.6 is 0 Å².